The van der Waals surface area contributed by atoms with Gasteiger partial charge in [-0.05, 0) is 68.4 Å². The first kappa shape index (κ1) is 26.7. The van der Waals surface area contributed by atoms with Crippen molar-refractivity contribution >= 4 is 17.4 Å². The molecule has 2 aliphatic carbocycles. The third kappa shape index (κ3) is 4.75. The van der Waals surface area contributed by atoms with Crippen LogP contribution in [0.5, 0.6) is 0 Å². The van der Waals surface area contributed by atoms with Crippen LogP contribution in [0, 0.1) is 39.8 Å². The highest BCUT2D eigenvalue weighted by molar-refractivity contribution is 6.00. The fourth-order valence-corrected chi connectivity index (χ4v) is 5.64. The lowest BCUT2D eigenvalue weighted by Crippen LogP contribution is -2.54. The van der Waals surface area contributed by atoms with Crippen molar-refractivity contribution in [1.82, 2.24) is 4.98 Å². The summed E-state index contributed by atoms with van der Waals surface area (Å²) >= 11 is 0. The summed E-state index contributed by atoms with van der Waals surface area (Å²) in [6.07, 6.45) is -8.35. The predicted molar refractivity (Wildman–Crippen MR) is 122 cm³/mol. The van der Waals surface area contributed by atoms with Gasteiger partial charge < -0.3 is 9.80 Å². The summed E-state index contributed by atoms with van der Waals surface area (Å²) in [7, 11) is 0. The standard InChI is InChI=1S/C26H20F7N5O/c27-15-2-5-16(6-3-15)37(13-24(12-35)7-8-24)23(39)21-14-1-4-17(9-14)38(21)22-18(11-34)19(25(28,29)30)10-20(36-22)26(31,32)33/h2-3,5-6,10,14,17,21H,1,4,7-9,13H2/t14-,17+,21-/m0/s1. The summed E-state index contributed by atoms with van der Waals surface area (Å²) in [5, 5.41) is 19.3. The van der Waals surface area contributed by atoms with E-state index in [1.807, 2.05) is 0 Å². The molecule has 5 rings (SSSR count). The molecule has 1 amide bonds. The van der Waals surface area contributed by atoms with Crippen LogP contribution in [0.4, 0.5) is 42.2 Å². The topological polar surface area (TPSA) is 84.0 Å². The Morgan fingerprint density at radius 1 is 1.08 bits per heavy atom. The molecule has 2 heterocycles. The zero-order chi connectivity index (χ0) is 28.3. The van der Waals surface area contributed by atoms with Crippen LogP contribution in [-0.4, -0.2) is 29.5 Å². The van der Waals surface area contributed by atoms with E-state index in [1.54, 1.807) is 0 Å². The first-order valence-corrected chi connectivity index (χ1v) is 12.1. The molecule has 2 saturated carbocycles. The van der Waals surface area contributed by atoms with Crippen molar-refractivity contribution < 1.29 is 35.5 Å². The summed E-state index contributed by atoms with van der Waals surface area (Å²) in [6.45, 7) is -0.0788. The van der Waals surface area contributed by atoms with Crippen LogP contribution in [0.25, 0.3) is 0 Å². The van der Waals surface area contributed by atoms with E-state index in [0.29, 0.717) is 32.1 Å². The molecule has 1 saturated heterocycles. The van der Waals surface area contributed by atoms with Crippen LogP contribution in [0.15, 0.2) is 30.3 Å². The second-order valence-electron chi connectivity index (χ2n) is 10.2. The molecule has 39 heavy (non-hydrogen) atoms. The van der Waals surface area contributed by atoms with Crippen LogP contribution in [0.3, 0.4) is 0 Å². The number of amides is 1. The second kappa shape index (κ2) is 9.11. The van der Waals surface area contributed by atoms with Gasteiger partial charge in [-0.2, -0.15) is 36.9 Å². The Balaban J connectivity index is 1.64. The quantitative estimate of drug-likeness (QED) is 0.437. The number of nitrogens with zero attached hydrogens (tertiary/aromatic N) is 5. The summed E-state index contributed by atoms with van der Waals surface area (Å²) in [5.74, 6) is -2.52. The van der Waals surface area contributed by atoms with Crippen LogP contribution < -0.4 is 9.80 Å². The van der Waals surface area contributed by atoms with E-state index in [1.165, 1.54) is 23.1 Å². The normalized spacial score (nSPS) is 23.3. The molecule has 3 fully saturated rings. The summed E-state index contributed by atoms with van der Waals surface area (Å²) in [5.41, 5.74) is -5.32. The third-order valence-electron chi connectivity index (χ3n) is 7.75. The number of nitriles is 2. The first-order chi connectivity index (χ1) is 18.3. The molecule has 6 nitrogen and oxygen atoms in total. The molecule has 0 spiro atoms. The molecule has 0 N–H and O–H groups in total. The molecular weight excluding hydrogens is 531 g/mol. The number of benzene rings is 1. The van der Waals surface area contributed by atoms with Crippen molar-refractivity contribution in [2.45, 2.75) is 56.5 Å². The average Bonchev–Trinajstić information content (AvgIpc) is 3.35. The van der Waals surface area contributed by atoms with Gasteiger partial charge in [-0.1, -0.05) is 0 Å². The van der Waals surface area contributed by atoms with Gasteiger partial charge in [0.1, 0.15) is 35.0 Å². The van der Waals surface area contributed by atoms with Gasteiger partial charge in [-0.15, -0.1) is 0 Å². The number of hydrogen-bond acceptors (Lipinski definition) is 5. The smallest absolute Gasteiger partial charge is 0.340 e. The molecule has 0 radical (unpaired) electrons. The van der Waals surface area contributed by atoms with Crippen LogP contribution in [0.1, 0.15) is 48.9 Å². The van der Waals surface area contributed by atoms with Gasteiger partial charge in [-0.25, -0.2) is 9.37 Å². The van der Waals surface area contributed by atoms with Crippen molar-refractivity contribution in [3.63, 3.8) is 0 Å². The van der Waals surface area contributed by atoms with Crippen LogP contribution in [-0.2, 0) is 17.1 Å². The van der Waals surface area contributed by atoms with E-state index < -0.39 is 70.1 Å². The minimum absolute atomic E-state index is 0.0788. The number of rotatable bonds is 5. The van der Waals surface area contributed by atoms with Crippen molar-refractivity contribution in [3.8, 4) is 12.1 Å². The summed E-state index contributed by atoms with van der Waals surface area (Å²) < 4.78 is 96.1. The van der Waals surface area contributed by atoms with Crippen molar-refractivity contribution in [1.29, 1.82) is 10.5 Å². The zero-order valence-corrected chi connectivity index (χ0v) is 20.2. The number of alkyl halides is 6. The Morgan fingerprint density at radius 3 is 2.28 bits per heavy atom. The Labute approximate surface area is 218 Å². The molecule has 3 aliphatic rings. The van der Waals surface area contributed by atoms with Gasteiger partial charge in [0.15, 0.2) is 0 Å². The van der Waals surface area contributed by atoms with E-state index in [0.717, 1.165) is 17.0 Å². The highest BCUT2D eigenvalue weighted by Crippen LogP contribution is 2.50. The number of carbonyl (C=O) groups excluding carboxylic acids is 1. The summed E-state index contributed by atoms with van der Waals surface area (Å²) in [6, 6.07) is 6.36. The minimum atomic E-state index is -5.29. The maximum atomic E-state index is 14.1. The van der Waals surface area contributed by atoms with Crippen molar-refractivity contribution in [3.05, 3.63) is 53.0 Å². The maximum absolute atomic E-state index is 14.1. The van der Waals surface area contributed by atoms with E-state index in [9.17, 15) is 46.1 Å². The maximum Gasteiger partial charge on any atom is 0.433 e. The minimum Gasteiger partial charge on any atom is -0.340 e. The third-order valence-corrected chi connectivity index (χ3v) is 7.75. The molecule has 0 unspecified atom stereocenters. The molecule has 3 atom stereocenters. The SMILES string of the molecule is N#Cc1c(C(F)(F)F)cc(C(F)(F)F)nc1N1[C@@H]2CC[C@@H](C2)[C@H]1C(=O)N(CC1(C#N)CC1)c1ccc(F)cc1. The highest BCUT2D eigenvalue weighted by atomic mass is 19.4. The molecular formula is C26H20F7N5O. The molecule has 2 aromatic rings. The Bertz CT molecular complexity index is 1390. The molecule has 1 aromatic heterocycles. The Morgan fingerprint density at radius 2 is 1.74 bits per heavy atom. The number of piperidine rings is 1. The van der Waals surface area contributed by atoms with Crippen molar-refractivity contribution in [2.24, 2.45) is 11.3 Å². The zero-order valence-electron chi connectivity index (χ0n) is 20.2. The monoisotopic (exact) mass is 551 g/mol. The highest BCUT2D eigenvalue weighted by Gasteiger charge is 2.54. The lowest BCUT2D eigenvalue weighted by Gasteiger charge is -2.39. The van der Waals surface area contributed by atoms with E-state index in [4.69, 9.17) is 0 Å². The van der Waals surface area contributed by atoms with Gasteiger partial charge in [0.05, 0.1) is 17.0 Å². The van der Waals surface area contributed by atoms with Gasteiger partial charge in [0.25, 0.3) is 0 Å². The number of carbonyl (C=O) groups is 1. The largest absolute Gasteiger partial charge is 0.433 e. The Kier molecular flexibility index (Phi) is 6.24. The number of pyridine rings is 1. The van der Waals surface area contributed by atoms with Gasteiger partial charge in [-0.3, -0.25) is 4.79 Å². The van der Waals surface area contributed by atoms with Gasteiger partial charge in [0, 0.05) is 18.3 Å². The average molecular weight is 551 g/mol. The summed E-state index contributed by atoms with van der Waals surface area (Å²) in [4.78, 5) is 20.0. The van der Waals surface area contributed by atoms with E-state index in [-0.39, 0.29) is 18.3 Å². The molecule has 1 aliphatic heterocycles. The van der Waals surface area contributed by atoms with Crippen LogP contribution in [0.2, 0.25) is 0 Å². The number of aromatic nitrogens is 1. The predicted octanol–water partition coefficient (Wildman–Crippen LogP) is 5.82. The van der Waals surface area contributed by atoms with Crippen molar-refractivity contribution in [2.75, 3.05) is 16.3 Å². The number of fused-ring (bicyclic) bond motifs is 2. The van der Waals surface area contributed by atoms with Gasteiger partial charge in [0.2, 0.25) is 5.91 Å². The number of halogens is 7. The molecule has 2 bridgehead atoms. The number of anilines is 2. The lowest BCUT2D eigenvalue weighted by molar-refractivity contribution is -0.145. The number of hydrogen-bond donors (Lipinski definition) is 0. The molecule has 1 aromatic carbocycles. The fourth-order valence-electron chi connectivity index (χ4n) is 5.64. The van der Waals surface area contributed by atoms with E-state index in [2.05, 4.69) is 11.1 Å². The Hall–Kier alpha value is -3.87. The van der Waals surface area contributed by atoms with E-state index >= 15 is 0 Å². The molecule has 204 valence electrons. The van der Waals surface area contributed by atoms with Crippen LogP contribution >= 0.6 is 0 Å². The lowest BCUT2D eigenvalue weighted by atomic mass is 9.95. The second-order valence-corrected chi connectivity index (χ2v) is 10.2. The molecule has 13 heteroatoms. The van der Waals surface area contributed by atoms with Gasteiger partial charge >= 0.3 is 12.4 Å². The fraction of sp³-hybridized carbons (Fsp3) is 0.462. The first-order valence-electron chi connectivity index (χ1n) is 12.1.